The Balaban J connectivity index is 1.35. The zero-order valence-corrected chi connectivity index (χ0v) is 26.2. The molecule has 9 heteroatoms. The van der Waals surface area contributed by atoms with Crippen molar-refractivity contribution in [1.29, 1.82) is 0 Å². The average molecular weight is 617 g/mol. The molecular weight excluding hydrogens is 572 g/mol. The lowest BCUT2D eigenvalue weighted by atomic mass is 9.89. The second-order valence-corrected chi connectivity index (χ2v) is 12.0. The third-order valence-electron chi connectivity index (χ3n) is 8.92. The zero-order chi connectivity index (χ0) is 31.9. The molecule has 0 unspecified atom stereocenters. The first-order chi connectivity index (χ1) is 21.8. The van der Waals surface area contributed by atoms with Gasteiger partial charge in [0.25, 0.3) is 5.91 Å². The molecule has 0 spiro atoms. The molecule has 2 heterocycles. The summed E-state index contributed by atoms with van der Waals surface area (Å²) in [5, 5.41) is 22.3. The van der Waals surface area contributed by atoms with Crippen LogP contribution in [0.4, 0.5) is 0 Å². The lowest BCUT2D eigenvalue weighted by Crippen LogP contribution is -2.46. The SMILES string of the molecule is CC(=O)O[C@@H](C)C(=O)NCc1ccccc1-c1ccc([C@H]2O[C@@H](CN3CCC[C@H]3CO)[C@@H](C)[C@@H](c3ccc(CO)cc3)O2)cc1. The van der Waals surface area contributed by atoms with Crippen molar-refractivity contribution in [2.75, 3.05) is 19.7 Å². The van der Waals surface area contributed by atoms with E-state index in [1.807, 2.05) is 72.8 Å². The first kappa shape index (κ1) is 32.8. The number of aliphatic hydroxyl groups excluding tert-OH is 2. The number of benzene rings is 3. The lowest BCUT2D eigenvalue weighted by molar-refractivity contribution is -0.276. The average Bonchev–Trinajstić information content (AvgIpc) is 3.51. The molecule has 3 aromatic carbocycles. The summed E-state index contributed by atoms with van der Waals surface area (Å²) in [6, 6.07) is 24.0. The van der Waals surface area contributed by atoms with Gasteiger partial charge in [-0.2, -0.15) is 0 Å². The first-order valence-corrected chi connectivity index (χ1v) is 15.8. The summed E-state index contributed by atoms with van der Waals surface area (Å²) in [6.45, 7) is 7.06. The summed E-state index contributed by atoms with van der Waals surface area (Å²) in [4.78, 5) is 26.0. The number of rotatable bonds is 11. The van der Waals surface area contributed by atoms with Gasteiger partial charge in [0.2, 0.25) is 0 Å². The molecule has 0 radical (unpaired) electrons. The smallest absolute Gasteiger partial charge is 0.303 e. The van der Waals surface area contributed by atoms with Crippen LogP contribution in [0.15, 0.2) is 72.8 Å². The molecule has 0 aromatic heterocycles. The van der Waals surface area contributed by atoms with Crippen molar-refractivity contribution in [2.24, 2.45) is 5.92 Å². The van der Waals surface area contributed by atoms with Crippen LogP contribution < -0.4 is 5.32 Å². The second kappa shape index (κ2) is 15.1. The molecule has 6 atom stereocenters. The van der Waals surface area contributed by atoms with E-state index < -0.39 is 18.4 Å². The Bertz CT molecular complexity index is 1430. The number of hydrogen-bond acceptors (Lipinski definition) is 8. The second-order valence-electron chi connectivity index (χ2n) is 12.0. The highest BCUT2D eigenvalue weighted by molar-refractivity contribution is 5.83. The maximum atomic E-state index is 12.4. The Morgan fingerprint density at radius 3 is 2.40 bits per heavy atom. The molecule has 45 heavy (non-hydrogen) atoms. The van der Waals surface area contributed by atoms with Crippen LogP contribution in [0.2, 0.25) is 0 Å². The molecule has 2 aliphatic rings. The number of ether oxygens (including phenoxy) is 3. The van der Waals surface area contributed by atoms with Gasteiger partial charge in [-0.15, -0.1) is 0 Å². The van der Waals surface area contributed by atoms with Gasteiger partial charge in [-0.1, -0.05) is 79.7 Å². The predicted octanol–water partition coefficient (Wildman–Crippen LogP) is 4.66. The van der Waals surface area contributed by atoms with Crippen LogP contribution >= 0.6 is 0 Å². The number of nitrogens with one attached hydrogen (secondary N) is 1. The monoisotopic (exact) mass is 616 g/mol. The fourth-order valence-electron chi connectivity index (χ4n) is 6.31. The standard InChI is InChI=1S/C36H44N2O7/c1-23-33(20-38-18-6-8-31(38)22-40)44-36(45-34(23)28-12-10-26(21-39)11-13-28)29-16-14-27(15-17-29)32-9-5-4-7-30(32)19-37-35(42)24(2)43-25(3)41/h4-5,7,9-17,23-24,31,33-34,36,39-40H,6,8,18-22H2,1-3H3,(H,37,42)/t23-,24+,31+,33+,34+,36+/m1/s1. The van der Waals surface area contributed by atoms with Crippen molar-refractivity contribution in [2.45, 2.75) is 77.4 Å². The molecule has 240 valence electrons. The number of carbonyl (C=O) groups excluding carboxylic acids is 2. The topological polar surface area (TPSA) is 118 Å². The fraction of sp³-hybridized carbons (Fsp3) is 0.444. The minimum Gasteiger partial charge on any atom is -0.453 e. The van der Waals surface area contributed by atoms with Crippen molar-refractivity contribution in [3.63, 3.8) is 0 Å². The Morgan fingerprint density at radius 1 is 1.00 bits per heavy atom. The van der Waals surface area contributed by atoms with Gasteiger partial charge in [-0.25, -0.2) is 0 Å². The van der Waals surface area contributed by atoms with E-state index >= 15 is 0 Å². The van der Waals surface area contributed by atoms with Crippen molar-refractivity contribution >= 4 is 11.9 Å². The lowest BCUT2D eigenvalue weighted by Gasteiger charge is -2.43. The summed E-state index contributed by atoms with van der Waals surface area (Å²) in [5.74, 6) is -0.794. The van der Waals surface area contributed by atoms with Gasteiger partial charge >= 0.3 is 5.97 Å². The minimum atomic E-state index is -0.868. The van der Waals surface area contributed by atoms with Crippen LogP contribution in [0.25, 0.3) is 11.1 Å². The highest BCUT2D eigenvalue weighted by Crippen LogP contribution is 2.42. The molecule has 2 saturated heterocycles. The zero-order valence-electron chi connectivity index (χ0n) is 26.2. The molecule has 3 N–H and O–H groups in total. The van der Waals surface area contributed by atoms with E-state index in [9.17, 15) is 19.8 Å². The van der Waals surface area contributed by atoms with E-state index in [-0.39, 0.29) is 43.3 Å². The Labute approximate surface area is 265 Å². The third kappa shape index (κ3) is 7.98. The van der Waals surface area contributed by atoms with Gasteiger partial charge in [0.1, 0.15) is 0 Å². The summed E-state index contributed by atoms with van der Waals surface area (Å²) >= 11 is 0. The van der Waals surface area contributed by atoms with Gasteiger partial charge in [-0.05, 0) is 54.1 Å². The van der Waals surface area contributed by atoms with E-state index in [0.717, 1.165) is 52.8 Å². The predicted molar refractivity (Wildman–Crippen MR) is 170 cm³/mol. The van der Waals surface area contributed by atoms with Gasteiger partial charge in [-0.3, -0.25) is 14.5 Å². The van der Waals surface area contributed by atoms with E-state index in [1.54, 1.807) is 6.92 Å². The van der Waals surface area contributed by atoms with Crippen molar-refractivity contribution < 1.29 is 34.0 Å². The van der Waals surface area contributed by atoms with Gasteiger partial charge < -0.3 is 29.7 Å². The van der Waals surface area contributed by atoms with Crippen LogP contribution in [0, 0.1) is 5.92 Å². The molecule has 0 aliphatic carbocycles. The highest BCUT2D eigenvalue weighted by Gasteiger charge is 2.40. The Kier molecular flexibility index (Phi) is 11.0. The van der Waals surface area contributed by atoms with Crippen molar-refractivity contribution in [3.8, 4) is 11.1 Å². The third-order valence-corrected chi connectivity index (χ3v) is 8.92. The first-order valence-electron chi connectivity index (χ1n) is 15.8. The number of aliphatic hydroxyl groups is 2. The number of esters is 1. The normalized spacial score (nSPS) is 24.2. The largest absolute Gasteiger partial charge is 0.453 e. The van der Waals surface area contributed by atoms with E-state index in [0.29, 0.717) is 13.1 Å². The Morgan fingerprint density at radius 2 is 1.71 bits per heavy atom. The molecule has 3 aromatic rings. The Hall–Kier alpha value is -3.60. The van der Waals surface area contributed by atoms with Crippen LogP contribution in [-0.4, -0.2) is 64.9 Å². The van der Waals surface area contributed by atoms with Crippen molar-refractivity contribution in [3.05, 3.63) is 95.1 Å². The molecular formula is C36H44N2O7. The van der Waals surface area contributed by atoms with E-state index in [1.165, 1.54) is 6.92 Å². The number of hydrogen-bond donors (Lipinski definition) is 3. The summed E-state index contributed by atoms with van der Waals surface area (Å²) in [7, 11) is 0. The minimum absolute atomic E-state index is 0.0114. The molecule has 0 bridgehead atoms. The maximum absolute atomic E-state index is 12.4. The summed E-state index contributed by atoms with van der Waals surface area (Å²) in [6.07, 6.45) is 0.270. The van der Waals surface area contributed by atoms with E-state index in [4.69, 9.17) is 14.2 Å². The van der Waals surface area contributed by atoms with Gasteiger partial charge in [0.05, 0.1) is 25.4 Å². The van der Waals surface area contributed by atoms with Gasteiger partial charge in [0, 0.05) is 37.5 Å². The molecule has 9 nitrogen and oxygen atoms in total. The molecule has 0 saturated carbocycles. The van der Waals surface area contributed by atoms with Crippen LogP contribution in [0.3, 0.4) is 0 Å². The highest BCUT2D eigenvalue weighted by atomic mass is 16.7. The molecule has 1 amide bonds. The number of likely N-dealkylation sites (tertiary alicyclic amines) is 1. The summed E-state index contributed by atoms with van der Waals surface area (Å²) in [5.41, 5.74) is 5.68. The number of nitrogens with zero attached hydrogens (tertiary/aromatic N) is 1. The molecule has 2 fully saturated rings. The quantitative estimate of drug-likeness (QED) is 0.267. The van der Waals surface area contributed by atoms with E-state index in [2.05, 4.69) is 17.1 Å². The number of amides is 1. The number of carbonyl (C=O) groups is 2. The van der Waals surface area contributed by atoms with Crippen molar-refractivity contribution in [1.82, 2.24) is 10.2 Å². The van der Waals surface area contributed by atoms with Crippen LogP contribution in [0.5, 0.6) is 0 Å². The van der Waals surface area contributed by atoms with Gasteiger partial charge in [0.15, 0.2) is 12.4 Å². The summed E-state index contributed by atoms with van der Waals surface area (Å²) < 4.78 is 18.3. The molecule has 5 rings (SSSR count). The maximum Gasteiger partial charge on any atom is 0.303 e. The van der Waals surface area contributed by atoms with Crippen LogP contribution in [0.1, 0.15) is 68.3 Å². The molecule has 2 aliphatic heterocycles. The van der Waals surface area contributed by atoms with Crippen LogP contribution in [-0.2, 0) is 37.0 Å². The fourth-order valence-corrected chi connectivity index (χ4v) is 6.31.